The van der Waals surface area contributed by atoms with Crippen LogP contribution in [0.25, 0.3) is 0 Å². The van der Waals surface area contributed by atoms with Crippen LogP contribution in [0.3, 0.4) is 0 Å². The molecule has 1 amide bonds. The van der Waals surface area contributed by atoms with Gasteiger partial charge in [-0.05, 0) is 43.7 Å². The van der Waals surface area contributed by atoms with Crippen molar-refractivity contribution in [3.8, 4) is 5.75 Å². The number of carboxylic acids is 1. The van der Waals surface area contributed by atoms with Crippen LogP contribution in [0.5, 0.6) is 5.75 Å². The third-order valence-corrected chi connectivity index (χ3v) is 3.78. The normalized spacial score (nSPS) is 15.6. The van der Waals surface area contributed by atoms with E-state index in [4.69, 9.17) is 15.6 Å². The van der Waals surface area contributed by atoms with E-state index in [1.807, 2.05) is 0 Å². The molecule has 1 aliphatic rings. The molecule has 3 N–H and O–H groups in total. The molecule has 124 valence electrons. The number of fused-ring (bicyclic) bond motifs is 1. The number of carbonyl (C=O) groups excluding carboxylic acids is 1. The Morgan fingerprint density at radius 1 is 1.25 bits per heavy atom. The van der Waals surface area contributed by atoms with Crippen molar-refractivity contribution in [1.82, 2.24) is 4.98 Å². The molecule has 2 aromatic rings. The lowest BCUT2D eigenvalue weighted by atomic mass is 10.0. The van der Waals surface area contributed by atoms with Gasteiger partial charge in [-0.1, -0.05) is 12.1 Å². The average molecular weight is 327 g/mol. The van der Waals surface area contributed by atoms with Crippen LogP contribution in [0, 0.1) is 0 Å². The fourth-order valence-electron chi connectivity index (χ4n) is 2.55. The first-order chi connectivity index (χ1) is 11.3. The average Bonchev–Trinajstić information content (AvgIpc) is 2.53. The molecule has 7 nitrogen and oxygen atoms in total. The number of aromatic carboxylic acids is 1. The van der Waals surface area contributed by atoms with Gasteiger partial charge in [0.1, 0.15) is 5.82 Å². The Bertz CT molecular complexity index is 815. The lowest BCUT2D eigenvalue weighted by Crippen LogP contribution is -2.52. The molecule has 1 aromatic heterocycles. The first-order valence-corrected chi connectivity index (χ1v) is 7.38. The number of nitrogens with zero attached hydrogens (tertiary/aromatic N) is 2. The number of carboxylic acid groups (broad SMARTS) is 1. The number of ether oxygens (including phenoxy) is 1. The van der Waals surface area contributed by atoms with E-state index in [0.717, 1.165) is 5.56 Å². The van der Waals surface area contributed by atoms with Crippen molar-refractivity contribution in [3.05, 3.63) is 47.5 Å². The second-order valence-electron chi connectivity index (χ2n) is 6.06. The van der Waals surface area contributed by atoms with E-state index in [1.54, 1.807) is 38.1 Å². The Balaban J connectivity index is 1.98. The topological polar surface area (TPSA) is 106 Å². The number of hydrogen-bond acceptors (Lipinski definition) is 5. The smallest absolute Gasteiger partial charge is 0.335 e. The summed E-state index contributed by atoms with van der Waals surface area (Å²) < 4.78 is 5.72. The highest BCUT2D eigenvalue weighted by molar-refractivity contribution is 6.01. The van der Waals surface area contributed by atoms with E-state index >= 15 is 0 Å². The summed E-state index contributed by atoms with van der Waals surface area (Å²) in [6.07, 6.45) is 0. The van der Waals surface area contributed by atoms with Gasteiger partial charge in [-0.3, -0.25) is 9.69 Å². The molecule has 0 radical (unpaired) electrons. The van der Waals surface area contributed by atoms with E-state index in [-0.39, 0.29) is 23.8 Å². The van der Waals surface area contributed by atoms with Crippen LogP contribution in [0.2, 0.25) is 0 Å². The van der Waals surface area contributed by atoms with Crippen molar-refractivity contribution in [2.24, 2.45) is 0 Å². The van der Waals surface area contributed by atoms with Crippen molar-refractivity contribution < 1.29 is 19.4 Å². The first kappa shape index (κ1) is 15.8. The summed E-state index contributed by atoms with van der Waals surface area (Å²) in [6, 6.07) is 9.65. The van der Waals surface area contributed by atoms with Crippen LogP contribution in [0.4, 0.5) is 11.6 Å². The number of amides is 1. The van der Waals surface area contributed by atoms with Gasteiger partial charge in [-0.15, -0.1) is 0 Å². The molecular formula is C17H17N3O4. The van der Waals surface area contributed by atoms with Gasteiger partial charge in [0.2, 0.25) is 0 Å². The second-order valence-corrected chi connectivity index (χ2v) is 6.06. The minimum absolute atomic E-state index is 0.190. The van der Waals surface area contributed by atoms with Crippen molar-refractivity contribution in [2.45, 2.75) is 26.0 Å². The van der Waals surface area contributed by atoms with Gasteiger partial charge in [-0.2, -0.15) is 0 Å². The number of carbonyl (C=O) groups is 2. The Morgan fingerprint density at radius 3 is 2.54 bits per heavy atom. The van der Waals surface area contributed by atoms with E-state index < -0.39 is 11.6 Å². The maximum absolute atomic E-state index is 12.7. The van der Waals surface area contributed by atoms with Crippen molar-refractivity contribution >= 4 is 23.5 Å². The van der Waals surface area contributed by atoms with Crippen LogP contribution in [0.15, 0.2) is 36.4 Å². The summed E-state index contributed by atoms with van der Waals surface area (Å²) in [5, 5.41) is 8.96. The van der Waals surface area contributed by atoms with Crippen molar-refractivity contribution in [3.63, 3.8) is 0 Å². The summed E-state index contributed by atoms with van der Waals surface area (Å²) in [5.74, 6) is -0.103. The number of aromatic nitrogens is 1. The number of anilines is 2. The summed E-state index contributed by atoms with van der Waals surface area (Å²) in [5.41, 5.74) is 5.68. The molecular weight excluding hydrogens is 310 g/mol. The Hall–Kier alpha value is -3.09. The third kappa shape index (κ3) is 2.76. The number of rotatable bonds is 3. The molecule has 0 spiro atoms. The third-order valence-electron chi connectivity index (χ3n) is 3.78. The predicted octanol–water partition coefficient (Wildman–Crippen LogP) is 2.07. The molecule has 0 fully saturated rings. The van der Waals surface area contributed by atoms with Gasteiger partial charge in [0.05, 0.1) is 12.1 Å². The highest BCUT2D eigenvalue weighted by Gasteiger charge is 2.41. The zero-order valence-corrected chi connectivity index (χ0v) is 13.3. The summed E-state index contributed by atoms with van der Waals surface area (Å²) in [7, 11) is 0. The quantitative estimate of drug-likeness (QED) is 0.894. The zero-order chi connectivity index (χ0) is 17.5. The highest BCUT2D eigenvalue weighted by atomic mass is 16.5. The molecule has 3 rings (SSSR count). The van der Waals surface area contributed by atoms with Crippen LogP contribution >= 0.6 is 0 Å². The molecule has 24 heavy (non-hydrogen) atoms. The largest absolute Gasteiger partial charge is 0.478 e. The minimum atomic E-state index is -1.02. The fourth-order valence-corrected chi connectivity index (χ4v) is 2.55. The first-order valence-electron chi connectivity index (χ1n) is 7.38. The highest BCUT2D eigenvalue weighted by Crippen LogP contribution is 2.37. The van der Waals surface area contributed by atoms with Gasteiger partial charge >= 0.3 is 5.97 Å². The van der Waals surface area contributed by atoms with Crippen LogP contribution in [-0.2, 0) is 11.3 Å². The van der Waals surface area contributed by atoms with E-state index in [0.29, 0.717) is 11.6 Å². The van der Waals surface area contributed by atoms with Gasteiger partial charge in [0, 0.05) is 0 Å². The summed E-state index contributed by atoms with van der Waals surface area (Å²) in [4.78, 5) is 29.4. The van der Waals surface area contributed by atoms with Crippen LogP contribution < -0.4 is 15.4 Å². The molecule has 0 saturated carbocycles. The van der Waals surface area contributed by atoms with Crippen LogP contribution in [-0.4, -0.2) is 27.6 Å². The van der Waals surface area contributed by atoms with Crippen molar-refractivity contribution in [1.29, 1.82) is 0 Å². The molecule has 2 heterocycles. The summed E-state index contributed by atoms with van der Waals surface area (Å²) >= 11 is 0. The van der Waals surface area contributed by atoms with Crippen molar-refractivity contribution in [2.75, 3.05) is 10.6 Å². The molecule has 1 aliphatic heterocycles. The van der Waals surface area contributed by atoms with Gasteiger partial charge in [0.15, 0.2) is 17.2 Å². The van der Waals surface area contributed by atoms with Crippen LogP contribution in [0.1, 0.15) is 29.8 Å². The lowest BCUT2D eigenvalue weighted by Gasteiger charge is -2.38. The number of pyridine rings is 1. The Labute approximate surface area is 138 Å². The predicted molar refractivity (Wildman–Crippen MR) is 87.9 cm³/mol. The zero-order valence-electron chi connectivity index (χ0n) is 13.3. The van der Waals surface area contributed by atoms with Gasteiger partial charge in [-0.25, -0.2) is 9.78 Å². The monoisotopic (exact) mass is 327 g/mol. The number of nitrogen functional groups attached to an aromatic ring is 1. The maximum atomic E-state index is 12.7. The Kier molecular flexibility index (Phi) is 3.63. The van der Waals surface area contributed by atoms with E-state index in [9.17, 15) is 9.59 Å². The second kappa shape index (κ2) is 5.52. The SMILES string of the molecule is CC1(C)Oc2ccc(N)nc2N(Cc2ccc(C(=O)O)cc2)C1=O. The lowest BCUT2D eigenvalue weighted by molar-refractivity contribution is -0.132. The molecule has 0 bridgehead atoms. The van der Waals surface area contributed by atoms with Gasteiger partial charge in [0.25, 0.3) is 5.91 Å². The summed E-state index contributed by atoms with van der Waals surface area (Å²) in [6.45, 7) is 3.62. The molecule has 0 aliphatic carbocycles. The van der Waals surface area contributed by atoms with Gasteiger partial charge < -0.3 is 15.6 Å². The molecule has 7 heteroatoms. The molecule has 0 saturated heterocycles. The molecule has 0 atom stereocenters. The number of nitrogens with two attached hydrogens (primary N) is 1. The minimum Gasteiger partial charge on any atom is -0.478 e. The van der Waals surface area contributed by atoms with E-state index in [1.165, 1.54) is 17.0 Å². The maximum Gasteiger partial charge on any atom is 0.335 e. The molecule has 0 unspecified atom stereocenters. The fraction of sp³-hybridized carbons (Fsp3) is 0.235. The Morgan fingerprint density at radius 2 is 1.92 bits per heavy atom. The standard InChI is InChI=1S/C17H17N3O4/c1-17(2)16(23)20(14-12(24-17)7-8-13(18)19-14)9-10-3-5-11(6-4-10)15(21)22/h3-8H,9H2,1-2H3,(H2,18,19)(H,21,22). The number of benzene rings is 1. The molecule has 1 aromatic carbocycles. The van der Waals surface area contributed by atoms with E-state index in [2.05, 4.69) is 4.98 Å². The number of hydrogen-bond donors (Lipinski definition) is 2.